The molecule has 1 amide bonds. The van der Waals surface area contributed by atoms with Crippen LogP contribution in [-0.2, 0) is 27.9 Å². The van der Waals surface area contributed by atoms with Gasteiger partial charge in [-0.1, -0.05) is 224 Å². The summed E-state index contributed by atoms with van der Waals surface area (Å²) in [5, 5.41) is 3.04. The summed E-state index contributed by atoms with van der Waals surface area (Å²) >= 11 is 0. The Morgan fingerprint density at radius 3 is 1.32 bits per heavy atom. The first-order valence-electron chi connectivity index (χ1n) is 30.0. The number of ether oxygens (including phenoxy) is 1. The average molecular weight is 1020 g/mol. The molecule has 416 valence electrons. The summed E-state index contributed by atoms with van der Waals surface area (Å²) in [6, 6.07) is -0.854. The summed E-state index contributed by atoms with van der Waals surface area (Å²) in [6.45, 7) is 6.97. The third-order valence-electron chi connectivity index (χ3n) is 13.2. The molecule has 0 aliphatic heterocycles. The minimum Gasteiger partial charge on any atom is -0.456 e. The molecule has 2 N–H and O–H groups in total. The summed E-state index contributed by atoms with van der Waals surface area (Å²) in [4.78, 5) is 37.6. The summed E-state index contributed by atoms with van der Waals surface area (Å²) in [6.07, 6.45) is 62.5. The molecule has 0 aromatic rings. The number of phosphoric acid groups is 1. The van der Waals surface area contributed by atoms with Gasteiger partial charge in [0.1, 0.15) is 19.3 Å². The van der Waals surface area contributed by atoms with Gasteiger partial charge in [-0.05, 0) is 89.5 Å². The van der Waals surface area contributed by atoms with Gasteiger partial charge in [-0.2, -0.15) is 0 Å². The number of amides is 1. The van der Waals surface area contributed by atoms with Crippen LogP contribution in [0.25, 0.3) is 0 Å². The Morgan fingerprint density at radius 1 is 0.493 bits per heavy atom. The molecule has 0 aliphatic carbocycles. The zero-order chi connectivity index (χ0) is 52.2. The number of allylic oxidation sites excluding steroid dienone is 7. The summed E-state index contributed by atoms with van der Waals surface area (Å²) in [5.41, 5.74) is 0. The van der Waals surface area contributed by atoms with E-state index in [4.69, 9.17) is 13.8 Å². The number of nitrogens with one attached hydrogen (secondary N) is 1. The van der Waals surface area contributed by atoms with Crippen molar-refractivity contribution in [2.45, 2.75) is 290 Å². The maximum Gasteiger partial charge on any atom is 0.472 e. The third-order valence-corrected chi connectivity index (χ3v) is 14.2. The Morgan fingerprint density at radius 2 is 0.859 bits per heavy atom. The molecule has 0 aliphatic rings. The van der Waals surface area contributed by atoms with Crippen LogP contribution < -0.4 is 5.32 Å². The van der Waals surface area contributed by atoms with Crippen molar-refractivity contribution in [2.75, 3.05) is 40.9 Å². The highest BCUT2D eigenvalue weighted by Crippen LogP contribution is 2.43. The number of phosphoric ester groups is 1. The zero-order valence-electron chi connectivity index (χ0n) is 47.5. The molecule has 10 heteroatoms. The lowest BCUT2D eigenvalue weighted by molar-refractivity contribution is -0.870. The third kappa shape index (κ3) is 52.6. The van der Waals surface area contributed by atoms with Crippen LogP contribution in [0.15, 0.2) is 48.6 Å². The number of hydrogen-bond acceptors (Lipinski definition) is 6. The SMILES string of the molecule is CCCCC/C=C\C/C=C\CCCCCCCCCCCCCC(=O)OC(/C=C\CCCCCCCCCCC)C(COP(=O)(O)OCC[N+](C)(C)C)NC(=O)CCCCC/C=C\CCCCCCCC. The van der Waals surface area contributed by atoms with Gasteiger partial charge in [0, 0.05) is 12.8 Å². The molecule has 0 saturated heterocycles. The molecule has 0 radical (unpaired) electrons. The number of hydrogen-bond donors (Lipinski definition) is 2. The number of carbonyl (C=O) groups is 2. The Labute approximate surface area is 439 Å². The van der Waals surface area contributed by atoms with Crippen molar-refractivity contribution >= 4 is 19.7 Å². The predicted octanol–water partition coefficient (Wildman–Crippen LogP) is 18.1. The number of esters is 1. The number of nitrogens with zero attached hydrogens (tertiary/aromatic N) is 1. The molecule has 3 unspecified atom stereocenters. The van der Waals surface area contributed by atoms with Crippen LogP contribution in [0.1, 0.15) is 278 Å². The Bertz CT molecular complexity index is 1360. The second-order valence-electron chi connectivity index (χ2n) is 21.5. The largest absolute Gasteiger partial charge is 0.472 e. The van der Waals surface area contributed by atoms with Crippen LogP contribution in [0.2, 0.25) is 0 Å². The first-order valence-corrected chi connectivity index (χ1v) is 31.5. The lowest BCUT2D eigenvalue weighted by Gasteiger charge is -2.27. The maximum absolute atomic E-state index is 13.5. The van der Waals surface area contributed by atoms with Crippen molar-refractivity contribution in [1.82, 2.24) is 5.32 Å². The molecule has 0 spiro atoms. The number of unbranched alkanes of at least 4 members (excludes halogenated alkanes) is 32. The van der Waals surface area contributed by atoms with Crippen molar-refractivity contribution in [2.24, 2.45) is 0 Å². The van der Waals surface area contributed by atoms with Gasteiger partial charge in [0.15, 0.2) is 0 Å². The number of rotatable bonds is 54. The quantitative estimate of drug-likeness (QED) is 0.0205. The van der Waals surface area contributed by atoms with Gasteiger partial charge >= 0.3 is 13.8 Å². The molecular weight excluding hydrogens is 904 g/mol. The summed E-state index contributed by atoms with van der Waals surface area (Å²) in [5.74, 6) is -0.521. The molecule has 71 heavy (non-hydrogen) atoms. The highest BCUT2D eigenvalue weighted by atomic mass is 31.2. The van der Waals surface area contributed by atoms with E-state index in [0.717, 1.165) is 77.0 Å². The molecule has 3 atom stereocenters. The van der Waals surface area contributed by atoms with E-state index < -0.39 is 20.0 Å². The van der Waals surface area contributed by atoms with E-state index in [1.54, 1.807) is 0 Å². The first kappa shape index (κ1) is 69.0. The number of quaternary nitrogens is 1. The van der Waals surface area contributed by atoms with Crippen molar-refractivity contribution in [3.05, 3.63) is 48.6 Å². The van der Waals surface area contributed by atoms with Crippen LogP contribution in [0.3, 0.4) is 0 Å². The Kier molecular flexibility index (Phi) is 50.0. The monoisotopic (exact) mass is 1020 g/mol. The fourth-order valence-corrected chi connectivity index (χ4v) is 9.29. The van der Waals surface area contributed by atoms with E-state index in [9.17, 15) is 19.0 Å². The molecule has 0 bridgehead atoms. The van der Waals surface area contributed by atoms with E-state index in [-0.39, 0.29) is 31.5 Å². The number of likely N-dealkylation sites (N-methyl/N-ethyl adjacent to an activating group) is 1. The minimum absolute atomic E-state index is 0.0375. The fraction of sp³-hybridized carbons (Fsp3) is 0.836. The van der Waals surface area contributed by atoms with Crippen LogP contribution in [0, 0.1) is 0 Å². The van der Waals surface area contributed by atoms with E-state index in [2.05, 4.69) is 62.5 Å². The fourth-order valence-electron chi connectivity index (χ4n) is 8.55. The van der Waals surface area contributed by atoms with Gasteiger partial charge < -0.3 is 19.4 Å². The normalized spacial score (nSPS) is 14.1. The Hall–Kier alpha value is -2.03. The second-order valence-corrected chi connectivity index (χ2v) is 23.0. The minimum atomic E-state index is -4.45. The van der Waals surface area contributed by atoms with Gasteiger partial charge in [-0.15, -0.1) is 0 Å². The number of carbonyl (C=O) groups excluding carboxylic acids is 2. The van der Waals surface area contributed by atoms with Gasteiger partial charge in [0.2, 0.25) is 5.91 Å². The molecule has 0 fully saturated rings. The van der Waals surface area contributed by atoms with Crippen molar-refractivity contribution in [3.8, 4) is 0 Å². The van der Waals surface area contributed by atoms with Gasteiger partial charge in [0.25, 0.3) is 0 Å². The first-order chi connectivity index (χ1) is 34.4. The average Bonchev–Trinajstić information content (AvgIpc) is 3.33. The van der Waals surface area contributed by atoms with Crippen LogP contribution in [-0.4, -0.2) is 74.3 Å². The van der Waals surface area contributed by atoms with E-state index in [1.807, 2.05) is 33.3 Å². The van der Waals surface area contributed by atoms with Crippen molar-refractivity contribution in [1.29, 1.82) is 0 Å². The molecular formula is C61H116N2O7P+. The van der Waals surface area contributed by atoms with Crippen molar-refractivity contribution in [3.63, 3.8) is 0 Å². The van der Waals surface area contributed by atoms with Crippen molar-refractivity contribution < 1.29 is 37.3 Å². The smallest absolute Gasteiger partial charge is 0.456 e. The zero-order valence-corrected chi connectivity index (χ0v) is 48.4. The van der Waals surface area contributed by atoms with Gasteiger partial charge in [0.05, 0.1) is 33.8 Å². The highest BCUT2D eigenvalue weighted by molar-refractivity contribution is 7.47. The topological polar surface area (TPSA) is 111 Å². The molecule has 0 rings (SSSR count). The van der Waals surface area contributed by atoms with Gasteiger partial charge in [-0.3, -0.25) is 18.6 Å². The van der Waals surface area contributed by atoms with E-state index in [0.29, 0.717) is 17.4 Å². The second kappa shape index (κ2) is 51.5. The van der Waals surface area contributed by atoms with Crippen LogP contribution >= 0.6 is 7.82 Å². The molecule has 0 heterocycles. The molecule has 0 saturated carbocycles. The Balaban J connectivity index is 5.21. The lowest BCUT2D eigenvalue weighted by Crippen LogP contribution is -2.47. The highest BCUT2D eigenvalue weighted by Gasteiger charge is 2.30. The molecule has 9 nitrogen and oxygen atoms in total. The maximum atomic E-state index is 13.5. The standard InChI is InChI=1S/C61H115N2O7P/c1-7-10-13-16-19-22-25-27-28-29-30-31-32-33-34-36-39-42-45-48-51-54-61(65)70-59(52-49-46-43-40-37-24-21-18-15-12-9-3)58(57-69-71(66,67)68-56-55-63(4,5)6)62-60(64)53-50-47-44-41-38-35-26-23-20-17-14-11-8-2/h19,22,27-28,35,38,49,52,58-59H,7-18,20-21,23-26,29-34,36-37,39-48,50-51,53-57H2,1-6H3,(H-,62,64,66,67)/p+1/b22-19-,28-27-,38-35-,52-49-. The summed E-state index contributed by atoms with van der Waals surface area (Å²) < 4.78 is 30.6. The van der Waals surface area contributed by atoms with Crippen LogP contribution in [0.5, 0.6) is 0 Å². The molecule has 0 aromatic carbocycles. The van der Waals surface area contributed by atoms with Gasteiger partial charge in [-0.25, -0.2) is 4.57 Å². The lowest BCUT2D eigenvalue weighted by atomic mass is 10.0. The van der Waals surface area contributed by atoms with E-state index in [1.165, 1.54) is 167 Å². The summed E-state index contributed by atoms with van der Waals surface area (Å²) in [7, 11) is 1.49. The molecule has 0 aromatic heterocycles. The van der Waals surface area contributed by atoms with Crippen LogP contribution in [0.4, 0.5) is 0 Å². The predicted molar refractivity (Wildman–Crippen MR) is 305 cm³/mol. The van der Waals surface area contributed by atoms with E-state index >= 15 is 0 Å².